The van der Waals surface area contributed by atoms with Crippen molar-refractivity contribution in [2.45, 2.75) is 32.7 Å². The first-order valence-corrected chi connectivity index (χ1v) is 3.54. The zero-order chi connectivity index (χ0) is 11.6. The van der Waals surface area contributed by atoms with Crippen LogP contribution in [0.4, 0.5) is 13.2 Å². The lowest BCUT2D eigenvalue weighted by atomic mass is 10.1. The quantitative estimate of drug-likeness (QED) is 0.652. The Morgan fingerprint density at radius 1 is 1.07 bits per heavy atom. The van der Waals surface area contributed by atoms with Gasteiger partial charge in [-0.05, 0) is 13.8 Å². The summed E-state index contributed by atoms with van der Waals surface area (Å²) >= 11 is 0. The van der Waals surface area contributed by atoms with Gasteiger partial charge in [0.25, 0.3) is 0 Å². The maximum absolute atomic E-state index is 11.6. The summed E-state index contributed by atoms with van der Waals surface area (Å²) in [4.78, 5) is 21.2. The highest BCUT2D eigenvalue weighted by Gasteiger charge is 2.42. The first-order chi connectivity index (χ1) is 6.04. The van der Waals surface area contributed by atoms with Crippen LogP contribution in [-0.4, -0.2) is 23.9 Å². The van der Waals surface area contributed by atoms with Gasteiger partial charge in [-0.3, -0.25) is 4.79 Å². The van der Waals surface area contributed by atoms with Crippen LogP contribution in [0, 0.1) is 0 Å². The number of rotatable bonds is 2. The molecular formula is C7H9F3O4. The van der Waals surface area contributed by atoms with Crippen molar-refractivity contribution in [3.63, 3.8) is 0 Å². The van der Waals surface area contributed by atoms with E-state index in [1.165, 1.54) is 0 Å². The molecule has 7 heteroatoms. The summed E-state index contributed by atoms with van der Waals surface area (Å²) in [6, 6.07) is 0. The third kappa shape index (κ3) is 4.68. The summed E-state index contributed by atoms with van der Waals surface area (Å²) in [5, 5.41) is 0. The molecule has 0 amide bonds. The summed E-state index contributed by atoms with van der Waals surface area (Å²) in [6.07, 6.45) is -5.07. The molecule has 0 unspecified atom stereocenters. The summed E-state index contributed by atoms with van der Waals surface area (Å²) in [5.74, 6) is -2.53. The van der Waals surface area contributed by atoms with Crippen LogP contribution in [0.1, 0.15) is 20.8 Å². The van der Waals surface area contributed by atoms with Gasteiger partial charge in [0.05, 0.1) is 0 Å². The molecule has 0 aliphatic rings. The van der Waals surface area contributed by atoms with Gasteiger partial charge in [-0.1, -0.05) is 0 Å². The monoisotopic (exact) mass is 214 g/mol. The zero-order valence-corrected chi connectivity index (χ0v) is 7.77. The summed E-state index contributed by atoms with van der Waals surface area (Å²) in [7, 11) is 0. The Balaban J connectivity index is 4.44. The van der Waals surface area contributed by atoms with E-state index in [-0.39, 0.29) is 0 Å². The Bertz CT molecular complexity index is 244. The van der Waals surface area contributed by atoms with Gasteiger partial charge in [0.2, 0.25) is 5.60 Å². The van der Waals surface area contributed by atoms with Crippen molar-refractivity contribution in [3.05, 3.63) is 0 Å². The molecule has 0 atom stereocenters. The van der Waals surface area contributed by atoms with Gasteiger partial charge >= 0.3 is 18.3 Å². The van der Waals surface area contributed by atoms with E-state index in [4.69, 9.17) is 0 Å². The second-order valence-corrected chi connectivity index (χ2v) is 2.94. The highest BCUT2D eigenvalue weighted by Crippen LogP contribution is 2.21. The largest absolute Gasteiger partial charge is 0.575 e. The summed E-state index contributed by atoms with van der Waals surface area (Å²) in [6.45, 7) is 2.98. The molecule has 0 bridgehead atoms. The van der Waals surface area contributed by atoms with Crippen molar-refractivity contribution in [3.8, 4) is 0 Å². The third-order valence-corrected chi connectivity index (χ3v) is 1.10. The first-order valence-electron chi connectivity index (χ1n) is 3.54. The van der Waals surface area contributed by atoms with Crippen molar-refractivity contribution in [1.29, 1.82) is 0 Å². The van der Waals surface area contributed by atoms with Crippen LogP contribution in [0.5, 0.6) is 0 Å². The van der Waals surface area contributed by atoms with Crippen LogP contribution < -0.4 is 0 Å². The second-order valence-electron chi connectivity index (χ2n) is 2.94. The minimum Gasteiger partial charge on any atom is -0.448 e. The van der Waals surface area contributed by atoms with Crippen molar-refractivity contribution in [2.24, 2.45) is 0 Å². The average molecular weight is 214 g/mol. The number of ether oxygens (including phenoxy) is 2. The van der Waals surface area contributed by atoms with Gasteiger partial charge in [-0.25, -0.2) is 4.79 Å². The highest BCUT2D eigenvalue weighted by molar-refractivity contribution is 5.82. The van der Waals surface area contributed by atoms with Crippen LogP contribution in [0.2, 0.25) is 0 Å². The van der Waals surface area contributed by atoms with Crippen LogP contribution in [-0.2, 0) is 19.1 Å². The average Bonchev–Trinajstić information content (AvgIpc) is 1.79. The van der Waals surface area contributed by atoms with Gasteiger partial charge in [0.15, 0.2) is 0 Å². The van der Waals surface area contributed by atoms with Crippen LogP contribution >= 0.6 is 0 Å². The van der Waals surface area contributed by atoms with Gasteiger partial charge in [-0.2, -0.15) is 0 Å². The molecule has 0 aromatic carbocycles. The van der Waals surface area contributed by atoms with Crippen molar-refractivity contribution < 1.29 is 32.2 Å². The molecule has 0 rings (SSSR count). The maximum atomic E-state index is 11.6. The normalized spacial score (nSPS) is 12.1. The summed E-state index contributed by atoms with van der Waals surface area (Å²) < 4.78 is 42.2. The molecule has 0 aromatic heterocycles. The van der Waals surface area contributed by atoms with E-state index >= 15 is 0 Å². The minimum absolute atomic E-state index is 0.867. The molecule has 0 N–H and O–H groups in total. The number of esters is 2. The van der Waals surface area contributed by atoms with Gasteiger partial charge in [-0.15, -0.1) is 13.2 Å². The number of carbonyl (C=O) groups is 2. The van der Waals surface area contributed by atoms with Crippen molar-refractivity contribution >= 4 is 11.9 Å². The lowest BCUT2D eigenvalue weighted by Crippen LogP contribution is -2.40. The smallest absolute Gasteiger partial charge is 0.448 e. The van der Waals surface area contributed by atoms with Crippen LogP contribution in [0.3, 0.4) is 0 Å². The molecule has 0 radical (unpaired) electrons. The van der Waals surface area contributed by atoms with Gasteiger partial charge in [0, 0.05) is 6.92 Å². The SMILES string of the molecule is CC(=O)OC(C)(C)C(=O)OC(F)(F)F. The zero-order valence-electron chi connectivity index (χ0n) is 7.77. The molecule has 0 saturated heterocycles. The van der Waals surface area contributed by atoms with E-state index in [2.05, 4.69) is 9.47 Å². The Labute approximate surface area is 78.0 Å². The molecule has 0 aliphatic carbocycles. The standard InChI is InChI=1S/C7H9F3O4/c1-4(11)13-6(2,3)5(12)14-7(8,9)10/h1-3H3. The van der Waals surface area contributed by atoms with Crippen molar-refractivity contribution in [2.75, 3.05) is 0 Å². The number of hydrogen-bond acceptors (Lipinski definition) is 4. The molecule has 4 nitrogen and oxygen atoms in total. The Morgan fingerprint density at radius 3 is 1.79 bits per heavy atom. The van der Waals surface area contributed by atoms with Crippen LogP contribution in [0.15, 0.2) is 0 Å². The van der Waals surface area contributed by atoms with Crippen molar-refractivity contribution in [1.82, 2.24) is 0 Å². The van der Waals surface area contributed by atoms with Crippen LogP contribution in [0.25, 0.3) is 0 Å². The second kappa shape index (κ2) is 3.85. The molecule has 0 saturated carbocycles. The molecule has 0 aromatic rings. The number of hydrogen-bond donors (Lipinski definition) is 0. The van der Waals surface area contributed by atoms with E-state index in [1.807, 2.05) is 0 Å². The molecule has 0 spiro atoms. The van der Waals surface area contributed by atoms with Gasteiger partial charge < -0.3 is 9.47 Å². The van der Waals surface area contributed by atoms with Gasteiger partial charge in [0.1, 0.15) is 0 Å². The maximum Gasteiger partial charge on any atom is 0.575 e. The Hall–Kier alpha value is -1.27. The molecule has 0 fully saturated rings. The molecule has 14 heavy (non-hydrogen) atoms. The fourth-order valence-corrected chi connectivity index (χ4v) is 0.629. The van der Waals surface area contributed by atoms with E-state index < -0.39 is 23.9 Å². The Kier molecular flexibility index (Phi) is 3.50. The van der Waals surface area contributed by atoms with E-state index in [0.717, 1.165) is 20.8 Å². The number of carbonyl (C=O) groups excluding carboxylic acids is 2. The molecule has 82 valence electrons. The summed E-state index contributed by atoms with van der Waals surface area (Å²) in [5.41, 5.74) is -1.94. The predicted octanol–water partition coefficient (Wildman–Crippen LogP) is 1.39. The third-order valence-electron chi connectivity index (χ3n) is 1.10. The lowest BCUT2D eigenvalue weighted by molar-refractivity contribution is -0.312. The number of alkyl halides is 3. The lowest BCUT2D eigenvalue weighted by Gasteiger charge is -2.22. The molecular weight excluding hydrogens is 205 g/mol. The molecule has 0 heterocycles. The van der Waals surface area contributed by atoms with E-state index in [9.17, 15) is 22.8 Å². The number of halogens is 3. The fourth-order valence-electron chi connectivity index (χ4n) is 0.629. The van der Waals surface area contributed by atoms with E-state index in [1.54, 1.807) is 0 Å². The highest BCUT2D eigenvalue weighted by atomic mass is 19.4. The van der Waals surface area contributed by atoms with E-state index in [0.29, 0.717) is 0 Å². The minimum atomic E-state index is -5.07. The predicted molar refractivity (Wildman–Crippen MR) is 38.0 cm³/mol. The fraction of sp³-hybridized carbons (Fsp3) is 0.714. The topological polar surface area (TPSA) is 52.6 Å². The first kappa shape index (κ1) is 12.7. The Morgan fingerprint density at radius 2 is 1.50 bits per heavy atom. The molecule has 0 aliphatic heterocycles.